The molecule has 24 heavy (non-hydrogen) atoms. The Bertz CT molecular complexity index is 827. The fraction of sp³-hybridized carbons (Fsp3) is 0.500. The highest BCUT2D eigenvalue weighted by atomic mass is 32.2. The van der Waals surface area contributed by atoms with Crippen LogP contribution < -0.4 is 0 Å². The predicted molar refractivity (Wildman–Crippen MR) is 94.7 cm³/mol. The molecular weight excluding hydrogens is 322 g/mol. The monoisotopic (exact) mass is 347 g/mol. The third kappa shape index (κ3) is 3.54. The van der Waals surface area contributed by atoms with Gasteiger partial charge in [-0.05, 0) is 50.4 Å². The standard InChI is InChI=1S/C18H25N3O2S/c1-14-6-7-15(2)18(11-14)24(22,23)10-9-21-8-4-5-17(21)16-12-19-20(3)13-16/h6-7,11-13,17H,4-5,8-10H2,1-3H3/t17-/m0/s1. The average molecular weight is 347 g/mol. The predicted octanol–water partition coefficient (Wildman–Crippen LogP) is 2.65. The second-order valence-electron chi connectivity index (χ2n) is 6.73. The van der Waals surface area contributed by atoms with E-state index in [0.29, 0.717) is 11.4 Å². The van der Waals surface area contributed by atoms with Crippen LogP contribution in [0.3, 0.4) is 0 Å². The van der Waals surface area contributed by atoms with Gasteiger partial charge in [0.2, 0.25) is 0 Å². The van der Waals surface area contributed by atoms with Gasteiger partial charge in [-0.25, -0.2) is 8.42 Å². The number of benzene rings is 1. The summed E-state index contributed by atoms with van der Waals surface area (Å²) in [5, 5.41) is 4.25. The highest BCUT2D eigenvalue weighted by Gasteiger charge is 2.28. The molecule has 2 heterocycles. The van der Waals surface area contributed by atoms with Gasteiger partial charge in [-0.2, -0.15) is 5.10 Å². The Hall–Kier alpha value is -1.66. The topological polar surface area (TPSA) is 55.2 Å². The second-order valence-corrected chi connectivity index (χ2v) is 8.81. The number of sulfone groups is 1. The molecule has 0 amide bonds. The molecule has 0 radical (unpaired) electrons. The molecule has 0 bridgehead atoms. The molecule has 0 N–H and O–H groups in total. The maximum atomic E-state index is 12.8. The van der Waals surface area contributed by atoms with Crippen LogP contribution in [0.5, 0.6) is 0 Å². The van der Waals surface area contributed by atoms with Crippen molar-refractivity contribution in [1.82, 2.24) is 14.7 Å². The fourth-order valence-corrected chi connectivity index (χ4v) is 5.09. The maximum Gasteiger partial charge on any atom is 0.179 e. The van der Waals surface area contributed by atoms with Crippen molar-refractivity contribution in [3.05, 3.63) is 47.3 Å². The third-order valence-electron chi connectivity index (χ3n) is 4.80. The lowest BCUT2D eigenvalue weighted by molar-refractivity contribution is 0.272. The van der Waals surface area contributed by atoms with Crippen LogP contribution >= 0.6 is 0 Å². The number of nitrogens with zero attached hydrogens (tertiary/aromatic N) is 3. The summed E-state index contributed by atoms with van der Waals surface area (Å²) in [7, 11) is -1.35. The van der Waals surface area contributed by atoms with Crippen LogP contribution in [0.1, 0.15) is 35.6 Å². The lowest BCUT2D eigenvalue weighted by Gasteiger charge is -2.23. The van der Waals surface area contributed by atoms with Crippen molar-refractivity contribution in [3.63, 3.8) is 0 Å². The molecule has 0 saturated carbocycles. The van der Waals surface area contributed by atoms with E-state index in [2.05, 4.69) is 10.00 Å². The largest absolute Gasteiger partial charge is 0.295 e. The van der Waals surface area contributed by atoms with E-state index in [1.165, 1.54) is 5.56 Å². The summed E-state index contributed by atoms with van der Waals surface area (Å²) in [5.41, 5.74) is 2.98. The smallest absolute Gasteiger partial charge is 0.179 e. The quantitative estimate of drug-likeness (QED) is 0.834. The Morgan fingerprint density at radius 2 is 2.08 bits per heavy atom. The van der Waals surface area contributed by atoms with Crippen molar-refractivity contribution in [2.75, 3.05) is 18.8 Å². The summed E-state index contributed by atoms with van der Waals surface area (Å²) < 4.78 is 27.3. The number of rotatable bonds is 5. The minimum absolute atomic E-state index is 0.161. The first-order valence-electron chi connectivity index (χ1n) is 8.39. The van der Waals surface area contributed by atoms with Gasteiger partial charge in [0.25, 0.3) is 0 Å². The van der Waals surface area contributed by atoms with E-state index in [1.807, 2.05) is 45.4 Å². The minimum Gasteiger partial charge on any atom is -0.295 e. The Balaban J connectivity index is 1.73. The average Bonchev–Trinajstić information content (AvgIpc) is 3.16. The van der Waals surface area contributed by atoms with Crippen molar-refractivity contribution in [2.24, 2.45) is 7.05 Å². The molecule has 1 fully saturated rings. The van der Waals surface area contributed by atoms with E-state index in [0.717, 1.165) is 30.5 Å². The molecule has 0 spiro atoms. The number of likely N-dealkylation sites (tertiary alicyclic amines) is 1. The van der Waals surface area contributed by atoms with E-state index in [-0.39, 0.29) is 11.8 Å². The first-order chi connectivity index (χ1) is 11.4. The van der Waals surface area contributed by atoms with E-state index in [4.69, 9.17) is 0 Å². The highest BCUT2D eigenvalue weighted by Crippen LogP contribution is 2.31. The first kappa shape index (κ1) is 17.2. The van der Waals surface area contributed by atoms with Gasteiger partial charge < -0.3 is 0 Å². The number of aromatic nitrogens is 2. The minimum atomic E-state index is -3.26. The van der Waals surface area contributed by atoms with Crippen molar-refractivity contribution < 1.29 is 8.42 Å². The summed E-state index contributed by atoms with van der Waals surface area (Å²) in [6, 6.07) is 5.91. The maximum absolute atomic E-state index is 12.8. The summed E-state index contributed by atoms with van der Waals surface area (Å²) in [6.07, 6.45) is 6.09. The fourth-order valence-electron chi connectivity index (χ4n) is 3.47. The lowest BCUT2D eigenvalue weighted by atomic mass is 10.1. The van der Waals surface area contributed by atoms with Crippen LogP contribution in [0.15, 0.2) is 35.5 Å². The van der Waals surface area contributed by atoms with Crippen LogP contribution in [0.4, 0.5) is 0 Å². The zero-order valence-electron chi connectivity index (χ0n) is 14.6. The van der Waals surface area contributed by atoms with Crippen molar-refractivity contribution in [3.8, 4) is 0 Å². The first-order valence-corrected chi connectivity index (χ1v) is 10.0. The zero-order valence-corrected chi connectivity index (χ0v) is 15.4. The van der Waals surface area contributed by atoms with E-state index >= 15 is 0 Å². The van der Waals surface area contributed by atoms with Crippen LogP contribution in [0.25, 0.3) is 0 Å². The van der Waals surface area contributed by atoms with Gasteiger partial charge in [0.05, 0.1) is 16.8 Å². The van der Waals surface area contributed by atoms with Gasteiger partial charge in [0, 0.05) is 31.4 Å². The van der Waals surface area contributed by atoms with Gasteiger partial charge in [0.15, 0.2) is 9.84 Å². The molecule has 6 heteroatoms. The Morgan fingerprint density at radius 3 is 2.79 bits per heavy atom. The van der Waals surface area contributed by atoms with Gasteiger partial charge >= 0.3 is 0 Å². The zero-order chi connectivity index (χ0) is 17.3. The molecule has 1 aliphatic heterocycles. The summed E-state index contributed by atoms with van der Waals surface area (Å²) in [4.78, 5) is 2.75. The van der Waals surface area contributed by atoms with Gasteiger partial charge in [-0.3, -0.25) is 9.58 Å². The SMILES string of the molecule is Cc1ccc(C)c(S(=O)(=O)CCN2CCC[C@H]2c2cnn(C)c2)c1. The molecule has 0 aliphatic carbocycles. The molecule has 2 aromatic rings. The lowest BCUT2D eigenvalue weighted by Crippen LogP contribution is -2.29. The Labute approximate surface area is 144 Å². The van der Waals surface area contributed by atoms with E-state index < -0.39 is 9.84 Å². The molecule has 5 nitrogen and oxygen atoms in total. The van der Waals surface area contributed by atoms with Crippen LogP contribution in [0.2, 0.25) is 0 Å². The third-order valence-corrected chi connectivity index (χ3v) is 6.63. The molecule has 3 rings (SSSR count). The van der Waals surface area contributed by atoms with Crippen LogP contribution in [0, 0.1) is 13.8 Å². The number of hydrogen-bond acceptors (Lipinski definition) is 4. The van der Waals surface area contributed by atoms with Crippen LogP contribution in [-0.2, 0) is 16.9 Å². The van der Waals surface area contributed by atoms with Gasteiger partial charge in [-0.1, -0.05) is 12.1 Å². The molecule has 1 atom stereocenters. The highest BCUT2D eigenvalue weighted by molar-refractivity contribution is 7.91. The Kier molecular flexibility index (Phi) is 4.78. The van der Waals surface area contributed by atoms with Crippen molar-refractivity contribution in [2.45, 2.75) is 37.6 Å². The van der Waals surface area contributed by atoms with E-state index in [9.17, 15) is 8.42 Å². The van der Waals surface area contributed by atoms with Gasteiger partial charge in [0.1, 0.15) is 0 Å². The van der Waals surface area contributed by atoms with E-state index in [1.54, 1.807) is 10.7 Å². The molecule has 1 aliphatic rings. The van der Waals surface area contributed by atoms with Crippen molar-refractivity contribution >= 4 is 9.84 Å². The molecule has 130 valence electrons. The Morgan fingerprint density at radius 1 is 1.29 bits per heavy atom. The molecular formula is C18H25N3O2S. The summed E-state index contributed by atoms with van der Waals surface area (Å²) in [5.74, 6) is 0.161. The van der Waals surface area contributed by atoms with Crippen LogP contribution in [-0.4, -0.2) is 41.9 Å². The summed E-state index contributed by atoms with van der Waals surface area (Å²) in [6.45, 7) is 5.30. The number of hydrogen-bond donors (Lipinski definition) is 0. The second kappa shape index (κ2) is 6.69. The number of aryl methyl sites for hydroxylation is 3. The molecule has 1 saturated heterocycles. The normalized spacial score (nSPS) is 19.0. The molecule has 1 aromatic carbocycles. The summed E-state index contributed by atoms with van der Waals surface area (Å²) >= 11 is 0. The van der Waals surface area contributed by atoms with Crippen molar-refractivity contribution in [1.29, 1.82) is 0 Å². The van der Waals surface area contributed by atoms with Gasteiger partial charge in [-0.15, -0.1) is 0 Å². The molecule has 0 unspecified atom stereocenters. The molecule has 1 aromatic heterocycles.